The number of fused-ring (bicyclic) bond motifs is 1. The molecular weight excluding hydrogens is 512 g/mol. The predicted octanol–water partition coefficient (Wildman–Crippen LogP) is 7.99. The van der Waals surface area contributed by atoms with E-state index in [1.807, 2.05) is 48.7 Å². The molecule has 1 aromatic heterocycles. The summed E-state index contributed by atoms with van der Waals surface area (Å²) in [5, 5.41) is 4.26. The molecule has 6 rings (SSSR count). The van der Waals surface area contributed by atoms with Gasteiger partial charge < -0.3 is 19.9 Å². The lowest BCUT2D eigenvalue weighted by atomic mass is 9.86. The largest absolute Gasteiger partial charge is 0.457 e. The van der Waals surface area contributed by atoms with Gasteiger partial charge in [0, 0.05) is 30.2 Å². The fourth-order valence-electron chi connectivity index (χ4n) is 5.81. The highest BCUT2D eigenvalue weighted by Gasteiger charge is 2.41. The summed E-state index contributed by atoms with van der Waals surface area (Å²) in [6.45, 7) is 8.75. The van der Waals surface area contributed by atoms with Gasteiger partial charge in [-0.05, 0) is 111 Å². The topological polar surface area (TPSA) is 40.6 Å². The lowest BCUT2D eigenvalue weighted by Crippen LogP contribution is -2.42. The predicted molar refractivity (Wildman–Crippen MR) is 168 cm³/mol. The molecule has 2 aliphatic heterocycles. The zero-order valence-electron chi connectivity index (χ0n) is 23.6. The molecule has 3 heterocycles. The second kappa shape index (κ2) is 10.1. The number of anilines is 2. The first-order valence-electron chi connectivity index (χ1n) is 13.6. The van der Waals surface area contributed by atoms with Crippen LogP contribution in [0.25, 0.3) is 5.57 Å². The van der Waals surface area contributed by atoms with Gasteiger partial charge >= 0.3 is 0 Å². The number of nitrogens with one attached hydrogen (secondary N) is 1. The molecule has 0 aliphatic carbocycles. The number of allylic oxidation sites excluding steroid dienone is 1. The van der Waals surface area contributed by atoms with Crippen LogP contribution in [-0.4, -0.2) is 22.7 Å². The molecule has 0 unspecified atom stereocenters. The van der Waals surface area contributed by atoms with Crippen molar-refractivity contribution in [3.8, 4) is 11.5 Å². The van der Waals surface area contributed by atoms with Crippen LogP contribution in [0.2, 0.25) is 0 Å². The minimum Gasteiger partial charge on any atom is -0.457 e. The fraction of sp³-hybridized carbons (Fsp3) is 0.235. The number of rotatable bonds is 5. The number of hydrogen-bond acceptors (Lipinski definition) is 4. The van der Waals surface area contributed by atoms with Gasteiger partial charge in [-0.3, -0.25) is 4.98 Å². The van der Waals surface area contributed by atoms with Crippen molar-refractivity contribution in [3.05, 3.63) is 120 Å². The van der Waals surface area contributed by atoms with E-state index in [4.69, 9.17) is 21.9 Å². The number of likely N-dealkylation sites (N-methyl/N-ethyl adjacent to an activating group) is 1. The number of ether oxygens (including phenoxy) is 1. The van der Waals surface area contributed by atoms with Crippen LogP contribution in [0.3, 0.4) is 0 Å². The average molecular weight is 547 g/mol. The fourth-order valence-corrected chi connectivity index (χ4v) is 6.15. The average Bonchev–Trinajstić information content (AvgIpc) is 3.30. The molecule has 1 saturated heterocycles. The molecule has 0 saturated carbocycles. The second-order valence-electron chi connectivity index (χ2n) is 11.2. The first-order valence-corrected chi connectivity index (χ1v) is 14.1. The van der Waals surface area contributed by atoms with E-state index in [1.165, 1.54) is 22.4 Å². The third-order valence-corrected chi connectivity index (χ3v) is 8.43. The molecule has 0 bridgehead atoms. The van der Waals surface area contributed by atoms with Gasteiger partial charge in [-0.15, -0.1) is 0 Å². The van der Waals surface area contributed by atoms with E-state index < -0.39 is 0 Å². The molecule has 202 valence electrons. The van der Waals surface area contributed by atoms with Crippen LogP contribution in [0.15, 0.2) is 97.2 Å². The number of thiocarbonyl (C=S) groups is 1. The smallest absolute Gasteiger partial charge is 0.174 e. The molecule has 0 amide bonds. The van der Waals surface area contributed by atoms with E-state index in [-0.39, 0.29) is 17.6 Å². The van der Waals surface area contributed by atoms with Crippen LogP contribution >= 0.6 is 12.2 Å². The van der Waals surface area contributed by atoms with Crippen molar-refractivity contribution in [2.24, 2.45) is 0 Å². The number of para-hydroxylation sites is 1. The second-order valence-corrected chi connectivity index (χ2v) is 11.6. The minimum atomic E-state index is -0.100. The van der Waals surface area contributed by atoms with E-state index in [9.17, 15) is 0 Å². The van der Waals surface area contributed by atoms with Gasteiger partial charge in [-0.25, -0.2) is 0 Å². The van der Waals surface area contributed by atoms with E-state index in [0.717, 1.165) is 28.4 Å². The Hall–Kier alpha value is -4.16. The highest BCUT2D eigenvalue weighted by Crippen LogP contribution is 2.45. The lowest BCUT2D eigenvalue weighted by Gasteiger charge is -2.41. The van der Waals surface area contributed by atoms with Crippen LogP contribution < -0.4 is 19.9 Å². The van der Waals surface area contributed by atoms with Crippen molar-refractivity contribution in [1.29, 1.82) is 0 Å². The van der Waals surface area contributed by atoms with Crippen molar-refractivity contribution < 1.29 is 4.74 Å². The maximum atomic E-state index is 6.17. The Bertz CT molecular complexity index is 1600. The molecule has 2 atom stereocenters. The quantitative estimate of drug-likeness (QED) is 0.256. The summed E-state index contributed by atoms with van der Waals surface area (Å²) in [5.41, 5.74) is 7.97. The maximum absolute atomic E-state index is 6.17. The van der Waals surface area contributed by atoms with Crippen LogP contribution in [0.1, 0.15) is 55.2 Å². The van der Waals surface area contributed by atoms with Crippen molar-refractivity contribution in [1.82, 2.24) is 10.3 Å². The number of aromatic nitrogens is 1. The Morgan fingerprint density at radius 1 is 0.925 bits per heavy atom. The Kier molecular flexibility index (Phi) is 6.59. The lowest BCUT2D eigenvalue weighted by molar-refractivity contribution is 0.479. The first-order chi connectivity index (χ1) is 19.2. The number of aryl methyl sites for hydroxylation is 1. The van der Waals surface area contributed by atoms with E-state index >= 15 is 0 Å². The molecule has 40 heavy (non-hydrogen) atoms. The zero-order valence-corrected chi connectivity index (χ0v) is 24.4. The third kappa shape index (κ3) is 4.62. The van der Waals surface area contributed by atoms with E-state index in [0.29, 0.717) is 5.11 Å². The van der Waals surface area contributed by atoms with E-state index in [1.54, 1.807) is 0 Å². The molecular formula is C34H34N4OS. The summed E-state index contributed by atoms with van der Waals surface area (Å²) in [6.07, 6.45) is 4.19. The highest BCUT2D eigenvalue weighted by atomic mass is 32.1. The summed E-state index contributed by atoms with van der Waals surface area (Å²) < 4.78 is 6.17. The van der Waals surface area contributed by atoms with Crippen LogP contribution in [0.5, 0.6) is 11.5 Å². The molecule has 3 aromatic carbocycles. The first kappa shape index (κ1) is 26.1. The Labute approximate surface area is 242 Å². The van der Waals surface area contributed by atoms with Gasteiger partial charge in [0.05, 0.1) is 23.3 Å². The van der Waals surface area contributed by atoms with Crippen molar-refractivity contribution in [2.45, 2.75) is 45.3 Å². The standard InChI is InChI=1S/C34H34N4OS/c1-22-10-6-7-12-30(22)39-26-16-14-25(15-17-26)38-32(31(36-33(38)40)28-11-8-9-19-35-28)24-13-18-29-27(20-24)23(2)21-34(3,4)37(29)5/h6-21,31-32H,1-5H3,(H,36,40)/t31-,32+/m0/s1. The van der Waals surface area contributed by atoms with Gasteiger partial charge in [0.15, 0.2) is 5.11 Å². The molecule has 2 aliphatic rings. The summed E-state index contributed by atoms with van der Waals surface area (Å²) in [7, 11) is 2.16. The normalized spacial score (nSPS) is 19.6. The van der Waals surface area contributed by atoms with Crippen molar-refractivity contribution in [2.75, 3.05) is 16.8 Å². The summed E-state index contributed by atoms with van der Waals surface area (Å²) in [6, 6.07) is 28.9. The Morgan fingerprint density at radius 3 is 2.40 bits per heavy atom. The molecule has 1 N–H and O–H groups in total. The number of hydrogen-bond donors (Lipinski definition) is 1. The molecule has 0 radical (unpaired) electrons. The number of nitrogens with zero attached hydrogens (tertiary/aromatic N) is 3. The number of pyridine rings is 1. The van der Waals surface area contributed by atoms with Crippen LogP contribution in [0, 0.1) is 6.92 Å². The molecule has 5 nitrogen and oxygen atoms in total. The van der Waals surface area contributed by atoms with Crippen LogP contribution in [0.4, 0.5) is 11.4 Å². The number of benzene rings is 3. The summed E-state index contributed by atoms with van der Waals surface area (Å²) in [5.74, 6) is 1.64. The third-order valence-electron chi connectivity index (χ3n) is 8.12. The van der Waals surface area contributed by atoms with Crippen LogP contribution in [-0.2, 0) is 0 Å². The maximum Gasteiger partial charge on any atom is 0.174 e. The SMILES string of the molecule is CC1=CC(C)(C)N(C)c2ccc([C@@H]3[C@H](c4ccccn4)NC(=S)N3c3ccc(Oc4ccccc4C)cc3)cc21. The highest BCUT2D eigenvalue weighted by molar-refractivity contribution is 7.80. The van der Waals surface area contributed by atoms with Gasteiger partial charge in [-0.1, -0.05) is 36.4 Å². The summed E-state index contributed by atoms with van der Waals surface area (Å²) in [4.78, 5) is 9.27. The minimum absolute atomic E-state index is 0.0419. The van der Waals surface area contributed by atoms with Crippen molar-refractivity contribution in [3.63, 3.8) is 0 Å². The van der Waals surface area contributed by atoms with Crippen molar-refractivity contribution >= 4 is 34.3 Å². The Balaban J connectivity index is 1.40. The van der Waals surface area contributed by atoms with Gasteiger partial charge in [-0.2, -0.15) is 0 Å². The molecule has 4 aromatic rings. The molecule has 1 fully saturated rings. The Morgan fingerprint density at radius 2 is 1.68 bits per heavy atom. The van der Waals surface area contributed by atoms with E-state index in [2.05, 4.69) is 98.4 Å². The molecule has 0 spiro atoms. The summed E-state index contributed by atoms with van der Waals surface area (Å²) >= 11 is 5.96. The van der Waals surface area contributed by atoms with Gasteiger partial charge in [0.1, 0.15) is 11.5 Å². The molecule has 6 heteroatoms. The zero-order chi connectivity index (χ0) is 28.0. The van der Waals surface area contributed by atoms with Gasteiger partial charge in [0.25, 0.3) is 0 Å². The monoisotopic (exact) mass is 546 g/mol. The van der Waals surface area contributed by atoms with Gasteiger partial charge in [0.2, 0.25) is 0 Å².